The van der Waals surface area contributed by atoms with Crippen LogP contribution in [-0.2, 0) is 0 Å². The van der Waals surface area contributed by atoms with E-state index >= 15 is 0 Å². The normalized spacial score (nSPS) is 23.8. The lowest BCUT2D eigenvalue weighted by Gasteiger charge is -2.32. The lowest BCUT2D eigenvalue weighted by molar-refractivity contribution is 0.157. The highest BCUT2D eigenvalue weighted by atomic mass is 15.2. The number of nitrogens with zero attached hydrogens (tertiary/aromatic N) is 1. The molecule has 0 radical (unpaired) electrons. The highest BCUT2D eigenvalue weighted by Gasteiger charge is 2.34. The van der Waals surface area contributed by atoms with Gasteiger partial charge in [0.15, 0.2) is 0 Å². The molecule has 2 aliphatic carbocycles. The van der Waals surface area contributed by atoms with Crippen molar-refractivity contribution in [2.24, 2.45) is 17.3 Å². The van der Waals surface area contributed by atoms with E-state index in [2.05, 4.69) is 32.6 Å². The third-order valence-corrected chi connectivity index (χ3v) is 4.22. The van der Waals surface area contributed by atoms with Gasteiger partial charge in [-0.1, -0.05) is 20.8 Å². The summed E-state index contributed by atoms with van der Waals surface area (Å²) in [4.78, 5) is 2.79. The molecule has 0 amide bonds. The molecule has 1 atom stereocenters. The maximum atomic E-state index is 2.79. The molecule has 2 aliphatic rings. The molecule has 0 aromatic rings. The first-order valence-corrected chi connectivity index (χ1v) is 7.20. The van der Waals surface area contributed by atoms with Crippen LogP contribution in [0.4, 0.5) is 0 Å². The molecule has 2 rings (SSSR count). The first-order valence-electron chi connectivity index (χ1n) is 7.20. The van der Waals surface area contributed by atoms with Crippen molar-refractivity contribution < 1.29 is 0 Å². The third-order valence-electron chi connectivity index (χ3n) is 4.22. The van der Waals surface area contributed by atoms with E-state index in [0.717, 1.165) is 17.9 Å². The second-order valence-electron chi connectivity index (χ2n) is 7.33. The minimum Gasteiger partial charge on any atom is -0.300 e. The van der Waals surface area contributed by atoms with E-state index in [1.54, 1.807) is 0 Å². The Morgan fingerprint density at radius 1 is 1.12 bits per heavy atom. The van der Waals surface area contributed by atoms with Crippen LogP contribution >= 0.6 is 0 Å². The Labute approximate surface area is 102 Å². The summed E-state index contributed by atoms with van der Waals surface area (Å²) in [7, 11) is 0. The second-order valence-corrected chi connectivity index (χ2v) is 7.33. The molecule has 0 aromatic heterocycles. The molecule has 2 fully saturated rings. The van der Waals surface area contributed by atoms with Crippen LogP contribution in [0, 0.1) is 17.3 Å². The molecule has 1 unspecified atom stereocenters. The Morgan fingerprint density at radius 2 is 1.75 bits per heavy atom. The minimum absolute atomic E-state index is 0.491. The average Bonchev–Trinajstić information content (AvgIpc) is 2.99. The number of hydrogen-bond donors (Lipinski definition) is 0. The Morgan fingerprint density at radius 3 is 2.19 bits per heavy atom. The van der Waals surface area contributed by atoms with Gasteiger partial charge >= 0.3 is 0 Å². The first-order chi connectivity index (χ1) is 7.46. The standard InChI is InChI=1S/C15H29N/c1-12(14-7-8-14)16(11-13-5-6-13)10-9-15(2,3)4/h12-14H,5-11H2,1-4H3. The van der Waals surface area contributed by atoms with E-state index in [1.807, 2.05) is 0 Å². The van der Waals surface area contributed by atoms with Crippen LogP contribution in [0.25, 0.3) is 0 Å². The van der Waals surface area contributed by atoms with Gasteiger partial charge < -0.3 is 4.90 Å². The summed E-state index contributed by atoms with van der Waals surface area (Å²) in [6.45, 7) is 12.3. The summed E-state index contributed by atoms with van der Waals surface area (Å²) in [6, 6.07) is 0.850. The molecule has 16 heavy (non-hydrogen) atoms. The van der Waals surface area contributed by atoms with Crippen LogP contribution in [0.15, 0.2) is 0 Å². The van der Waals surface area contributed by atoms with Crippen molar-refractivity contribution in [2.45, 2.75) is 65.8 Å². The monoisotopic (exact) mass is 223 g/mol. The van der Waals surface area contributed by atoms with E-state index in [0.29, 0.717) is 5.41 Å². The van der Waals surface area contributed by atoms with Crippen LogP contribution < -0.4 is 0 Å². The molecule has 0 bridgehead atoms. The van der Waals surface area contributed by atoms with Gasteiger partial charge in [-0.2, -0.15) is 0 Å². The molecule has 0 aromatic carbocycles. The van der Waals surface area contributed by atoms with Gasteiger partial charge in [-0.3, -0.25) is 0 Å². The van der Waals surface area contributed by atoms with E-state index in [-0.39, 0.29) is 0 Å². The summed E-state index contributed by atoms with van der Waals surface area (Å²) < 4.78 is 0. The van der Waals surface area contributed by atoms with E-state index in [4.69, 9.17) is 0 Å². The number of rotatable bonds is 6. The summed E-state index contributed by atoms with van der Waals surface area (Å²) in [5, 5.41) is 0. The smallest absolute Gasteiger partial charge is 0.00953 e. The molecule has 0 heterocycles. The maximum absolute atomic E-state index is 2.79. The highest BCUT2D eigenvalue weighted by molar-refractivity contribution is 4.88. The minimum atomic E-state index is 0.491. The van der Waals surface area contributed by atoms with Crippen molar-refractivity contribution in [3.8, 4) is 0 Å². The van der Waals surface area contributed by atoms with Gasteiger partial charge in [0.05, 0.1) is 0 Å². The van der Waals surface area contributed by atoms with Gasteiger partial charge in [0.25, 0.3) is 0 Å². The molecule has 1 nitrogen and oxygen atoms in total. The molecule has 94 valence electrons. The summed E-state index contributed by atoms with van der Waals surface area (Å²) in [5.41, 5.74) is 0.491. The zero-order valence-corrected chi connectivity index (χ0v) is 11.6. The molecular weight excluding hydrogens is 194 g/mol. The van der Waals surface area contributed by atoms with Gasteiger partial charge in [-0.15, -0.1) is 0 Å². The van der Waals surface area contributed by atoms with Gasteiger partial charge in [-0.25, -0.2) is 0 Å². The van der Waals surface area contributed by atoms with Crippen LogP contribution in [0.2, 0.25) is 0 Å². The average molecular weight is 223 g/mol. The van der Waals surface area contributed by atoms with Crippen LogP contribution in [0.1, 0.15) is 59.8 Å². The fourth-order valence-corrected chi connectivity index (χ4v) is 2.45. The zero-order chi connectivity index (χ0) is 11.8. The van der Waals surface area contributed by atoms with Crippen molar-refractivity contribution in [1.29, 1.82) is 0 Å². The largest absolute Gasteiger partial charge is 0.300 e. The van der Waals surface area contributed by atoms with Gasteiger partial charge in [0.2, 0.25) is 0 Å². The van der Waals surface area contributed by atoms with Gasteiger partial charge in [0.1, 0.15) is 0 Å². The molecular formula is C15H29N. The SMILES string of the molecule is CC(C1CC1)N(CCC(C)(C)C)CC1CC1. The third kappa shape index (κ3) is 4.08. The predicted molar refractivity (Wildman–Crippen MR) is 70.6 cm³/mol. The topological polar surface area (TPSA) is 3.24 Å². The van der Waals surface area contributed by atoms with Gasteiger partial charge in [0, 0.05) is 12.6 Å². The highest BCUT2D eigenvalue weighted by Crippen LogP contribution is 2.38. The molecule has 0 saturated heterocycles. The van der Waals surface area contributed by atoms with E-state index < -0.39 is 0 Å². The van der Waals surface area contributed by atoms with Crippen molar-refractivity contribution >= 4 is 0 Å². The quantitative estimate of drug-likeness (QED) is 0.659. The fourth-order valence-electron chi connectivity index (χ4n) is 2.45. The van der Waals surface area contributed by atoms with Crippen molar-refractivity contribution in [1.82, 2.24) is 4.90 Å². The first kappa shape index (κ1) is 12.4. The van der Waals surface area contributed by atoms with E-state index in [9.17, 15) is 0 Å². The zero-order valence-electron chi connectivity index (χ0n) is 11.6. The lowest BCUT2D eigenvalue weighted by Crippen LogP contribution is -2.38. The lowest BCUT2D eigenvalue weighted by atomic mass is 9.91. The Bertz CT molecular complexity index is 220. The van der Waals surface area contributed by atoms with Crippen LogP contribution in [0.5, 0.6) is 0 Å². The molecule has 1 heteroatoms. The van der Waals surface area contributed by atoms with Crippen molar-refractivity contribution in [3.63, 3.8) is 0 Å². The second kappa shape index (κ2) is 4.68. The summed E-state index contributed by atoms with van der Waals surface area (Å²) in [6.07, 6.45) is 7.29. The maximum Gasteiger partial charge on any atom is 0.00953 e. The molecule has 0 spiro atoms. The predicted octanol–water partition coefficient (Wildman–Crippen LogP) is 3.93. The van der Waals surface area contributed by atoms with Crippen molar-refractivity contribution in [3.05, 3.63) is 0 Å². The summed E-state index contributed by atoms with van der Waals surface area (Å²) >= 11 is 0. The summed E-state index contributed by atoms with van der Waals surface area (Å²) in [5.74, 6) is 2.07. The Balaban J connectivity index is 1.80. The molecule has 2 saturated carbocycles. The van der Waals surface area contributed by atoms with Crippen LogP contribution in [0.3, 0.4) is 0 Å². The van der Waals surface area contributed by atoms with E-state index in [1.165, 1.54) is 45.2 Å². The molecule has 0 N–H and O–H groups in total. The van der Waals surface area contributed by atoms with Gasteiger partial charge in [-0.05, 0) is 62.8 Å². The van der Waals surface area contributed by atoms with Crippen LogP contribution in [-0.4, -0.2) is 24.0 Å². The Kier molecular flexibility index (Phi) is 3.63. The molecule has 0 aliphatic heterocycles. The fraction of sp³-hybridized carbons (Fsp3) is 1.00. The number of hydrogen-bond acceptors (Lipinski definition) is 1. The van der Waals surface area contributed by atoms with Crippen molar-refractivity contribution in [2.75, 3.05) is 13.1 Å². The Hall–Kier alpha value is -0.0400.